The maximum atomic E-state index is 11.9. The molecule has 1 heterocycles. The van der Waals surface area contributed by atoms with Crippen LogP contribution in [0.25, 0.3) is 0 Å². The molecule has 4 heteroatoms. The van der Waals surface area contributed by atoms with Gasteiger partial charge >= 0.3 is 6.09 Å². The van der Waals surface area contributed by atoms with Crippen LogP contribution in [0.2, 0.25) is 0 Å². The van der Waals surface area contributed by atoms with Gasteiger partial charge in [0.2, 0.25) is 0 Å². The molecule has 1 amide bonds. The summed E-state index contributed by atoms with van der Waals surface area (Å²) in [5.74, 6) is 0.676. The molecule has 0 saturated carbocycles. The highest BCUT2D eigenvalue weighted by Crippen LogP contribution is 2.25. The van der Waals surface area contributed by atoms with Gasteiger partial charge in [0.25, 0.3) is 0 Å². The van der Waals surface area contributed by atoms with E-state index in [9.17, 15) is 9.90 Å². The van der Waals surface area contributed by atoms with Crippen LogP contribution in [0.15, 0.2) is 0 Å². The number of carbonyl (C=O) groups is 1. The van der Waals surface area contributed by atoms with Crippen molar-refractivity contribution in [1.29, 1.82) is 0 Å². The first-order valence-corrected chi connectivity index (χ1v) is 6.85. The van der Waals surface area contributed by atoms with Gasteiger partial charge in [0.15, 0.2) is 0 Å². The number of nitrogens with zero attached hydrogens (tertiary/aromatic N) is 1. The van der Waals surface area contributed by atoms with E-state index >= 15 is 0 Å². The fourth-order valence-electron chi connectivity index (χ4n) is 2.27. The second-order valence-corrected chi connectivity index (χ2v) is 6.67. The van der Waals surface area contributed by atoms with E-state index in [4.69, 9.17) is 4.74 Å². The summed E-state index contributed by atoms with van der Waals surface area (Å²) >= 11 is 0. The lowest BCUT2D eigenvalue weighted by molar-refractivity contribution is 0.0262. The standard InChI is InChI=1S/C14H27NO3/c1-10(2)8-12(16)11-6-7-15(9-11)13(17)18-14(3,4)5/h10-12,16H,6-9H2,1-5H3/t11-,12+/m0/s1. The highest BCUT2D eigenvalue weighted by Gasteiger charge is 2.33. The summed E-state index contributed by atoms with van der Waals surface area (Å²) in [5, 5.41) is 10.1. The number of ether oxygens (including phenoxy) is 1. The smallest absolute Gasteiger partial charge is 0.410 e. The lowest BCUT2D eigenvalue weighted by Gasteiger charge is -2.25. The van der Waals surface area contributed by atoms with Crippen LogP contribution < -0.4 is 0 Å². The topological polar surface area (TPSA) is 49.8 Å². The Kier molecular flexibility index (Phi) is 5.02. The Morgan fingerprint density at radius 2 is 2.06 bits per heavy atom. The number of hydrogen-bond donors (Lipinski definition) is 1. The van der Waals surface area contributed by atoms with Crippen LogP contribution in [0.1, 0.15) is 47.5 Å². The molecule has 4 nitrogen and oxygen atoms in total. The highest BCUT2D eigenvalue weighted by molar-refractivity contribution is 5.68. The molecule has 0 aromatic heterocycles. The summed E-state index contributed by atoms with van der Waals surface area (Å²) in [5.41, 5.74) is -0.453. The molecule has 106 valence electrons. The molecular weight excluding hydrogens is 230 g/mol. The molecule has 0 aromatic carbocycles. The van der Waals surface area contributed by atoms with Crippen LogP contribution in [0.3, 0.4) is 0 Å². The van der Waals surface area contributed by atoms with Gasteiger partial charge in [0.1, 0.15) is 5.60 Å². The molecule has 2 atom stereocenters. The van der Waals surface area contributed by atoms with Gasteiger partial charge in [-0.1, -0.05) is 13.8 Å². The van der Waals surface area contributed by atoms with E-state index in [0.717, 1.165) is 12.8 Å². The molecule has 1 saturated heterocycles. The first-order chi connectivity index (χ1) is 8.19. The minimum Gasteiger partial charge on any atom is -0.444 e. The van der Waals surface area contributed by atoms with E-state index in [0.29, 0.717) is 19.0 Å². The summed E-state index contributed by atoms with van der Waals surface area (Å²) in [6.45, 7) is 11.1. The summed E-state index contributed by atoms with van der Waals surface area (Å²) in [4.78, 5) is 13.6. The van der Waals surface area contributed by atoms with Crippen LogP contribution in [-0.4, -0.2) is 40.9 Å². The third-order valence-electron chi connectivity index (χ3n) is 3.13. The lowest BCUT2D eigenvalue weighted by Crippen LogP contribution is -2.36. The van der Waals surface area contributed by atoms with E-state index in [2.05, 4.69) is 13.8 Å². The Labute approximate surface area is 110 Å². The number of hydrogen-bond acceptors (Lipinski definition) is 3. The van der Waals surface area contributed by atoms with Crippen molar-refractivity contribution in [3.8, 4) is 0 Å². The monoisotopic (exact) mass is 257 g/mol. The number of aliphatic hydroxyl groups excluding tert-OH is 1. The zero-order valence-electron chi connectivity index (χ0n) is 12.3. The molecule has 1 aliphatic heterocycles. The van der Waals surface area contributed by atoms with Crippen molar-refractivity contribution in [2.24, 2.45) is 11.8 Å². The Hall–Kier alpha value is -0.770. The summed E-state index contributed by atoms with van der Waals surface area (Å²) in [6, 6.07) is 0. The molecule has 1 N–H and O–H groups in total. The van der Waals surface area contributed by atoms with Gasteiger partial charge in [0.05, 0.1) is 6.10 Å². The predicted octanol–water partition coefficient (Wildman–Crippen LogP) is 2.65. The lowest BCUT2D eigenvalue weighted by atomic mass is 9.94. The minimum atomic E-state index is -0.453. The number of aliphatic hydroxyl groups is 1. The Bertz CT molecular complexity index is 283. The summed E-state index contributed by atoms with van der Waals surface area (Å²) < 4.78 is 5.34. The molecular formula is C14H27NO3. The van der Waals surface area contributed by atoms with Crippen LogP contribution in [0, 0.1) is 11.8 Å². The Balaban J connectivity index is 2.43. The van der Waals surface area contributed by atoms with Gasteiger partial charge < -0.3 is 14.7 Å². The molecule has 1 aliphatic rings. The van der Waals surface area contributed by atoms with Crippen molar-refractivity contribution in [2.45, 2.75) is 59.2 Å². The molecule has 0 aliphatic carbocycles. The first-order valence-electron chi connectivity index (χ1n) is 6.85. The SMILES string of the molecule is CC(C)C[C@@H](O)[C@H]1CCN(C(=O)OC(C)(C)C)C1. The van der Waals surface area contributed by atoms with E-state index in [1.807, 2.05) is 20.8 Å². The highest BCUT2D eigenvalue weighted by atomic mass is 16.6. The molecule has 0 unspecified atom stereocenters. The fraction of sp³-hybridized carbons (Fsp3) is 0.929. The number of amides is 1. The van der Waals surface area contributed by atoms with Crippen molar-refractivity contribution < 1.29 is 14.6 Å². The van der Waals surface area contributed by atoms with Gasteiger partial charge in [-0.2, -0.15) is 0 Å². The molecule has 0 aromatic rings. The minimum absolute atomic E-state index is 0.194. The molecule has 0 radical (unpaired) electrons. The second-order valence-electron chi connectivity index (χ2n) is 6.67. The molecule has 0 spiro atoms. The van der Waals surface area contributed by atoms with Crippen molar-refractivity contribution in [3.05, 3.63) is 0 Å². The van der Waals surface area contributed by atoms with E-state index in [-0.39, 0.29) is 18.1 Å². The Morgan fingerprint density at radius 3 is 2.56 bits per heavy atom. The quantitative estimate of drug-likeness (QED) is 0.845. The molecule has 1 rings (SSSR count). The van der Waals surface area contributed by atoms with Crippen molar-refractivity contribution in [1.82, 2.24) is 4.90 Å². The van der Waals surface area contributed by atoms with Gasteiger partial charge in [0, 0.05) is 19.0 Å². The fourth-order valence-corrected chi connectivity index (χ4v) is 2.27. The number of carbonyl (C=O) groups excluding carboxylic acids is 1. The average molecular weight is 257 g/mol. The summed E-state index contributed by atoms with van der Waals surface area (Å²) in [7, 11) is 0. The maximum absolute atomic E-state index is 11.9. The van der Waals surface area contributed by atoms with E-state index in [1.165, 1.54) is 0 Å². The van der Waals surface area contributed by atoms with Gasteiger partial charge in [-0.3, -0.25) is 0 Å². The zero-order valence-corrected chi connectivity index (χ0v) is 12.3. The van der Waals surface area contributed by atoms with Crippen LogP contribution in [0.5, 0.6) is 0 Å². The van der Waals surface area contributed by atoms with E-state index in [1.54, 1.807) is 4.90 Å². The normalized spacial score (nSPS) is 22.4. The van der Waals surface area contributed by atoms with Crippen LogP contribution in [-0.2, 0) is 4.74 Å². The third kappa shape index (κ3) is 4.84. The summed E-state index contributed by atoms with van der Waals surface area (Å²) in [6.07, 6.45) is 1.10. The van der Waals surface area contributed by atoms with Crippen molar-refractivity contribution >= 4 is 6.09 Å². The second kappa shape index (κ2) is 5.91. The Morgan fingerprint density at radius 1 is 1.44 bits per heavy atom. The van der Waals surface area contributed by atoms with Gasteiger partial charge in [-0.05, 0) is 39.5 Å². The van der Waals surface area contributed by atoms with Crippen molar-refractivity contribution in [2.75, 3.05) is 13.1 Å². The zero-order chi connectivity index (χ0) is 13.9. The molecule has 1 fully saturated rings. The van der Waals surface area contributed by atoms with Crippen LogP contribution >= 0.6 is 0 Å². The van der Waals surface area contributed by atoms with Gasteiger partial charge in [-0.15, -0.1) is 0 Å². The largest absolute Gasteiger partial charge is 0.444 e. The van der Waals surface area contributed by atoms with E-state index < -0.39 is 5.60 Å². The third-order valence-corrected chi connectivity index (χ3v) is 3.13. The van der Waals surface area contributed by atoms with Crippen LogP contribution in [0.4, 0.5) is 4.79 Å². The number of likely N-dealkylation sites (tertiary alicyclic amines) is 1. The predicted molar refractivity (Wildman–Crippen MR) is 71.4 cm³/mol. The van der Waals surface area contributed by atoms with Gasteiger partial charge in [-0.25, -0.2) is 4.79 Å². The first kappa shape index (κ1) is 15.3. The maximum Gasteiger partial charge on any atom is 0.410 e. The number of rotatable bonds is 3. The molecule has 0 bridgehead atoms. The van der Waals surface area contributed by atoms with Crippen molar-refractivity contribution in [3.63, 3.8) is 0 Å². The molecule has 18 heavy (non-hydrogen) atoms. The average Bonchev–Trinajstić information content (AvgIpc) is 2.61.